The number of esters is 3. The molecule has 0 amide bonds. The van der Waals surface area contributed by atoms with Gasteiger partial charge in [-0.3, -0.25) is 14.4 Å². The molecule has 338 valence electrons. The van der Waals surface area contributed by atoms with Crippen molar-refractivity contribution >= 4 is 17.9 Å². The Hall–Kier alpha value is -2.37. The summed E-state index contributed by atoms with van der Waals surface area (Å²) in [6.45, 7) is 6.58. The van der Waals surface area contributed by atoms with Crippen molar-refractivity contribution in [1.82, 2.24) is 0 Å². The molecule has 0 unspecified atom stereocenters. The molecule has 0 bridgehead atoms. The largest absolute Gasteiger partial charge is 0.462 e. The number of ether oxygens (including phenoxy) is 3. The van der Waals surface area contributed by atoms with Gasteiger partial charge in [-0.2, -0.15) is 0 Å². The number of carbonyl (C=O) groups is 3. The number of carbonyl (C=O) groups excluding carboxylic acids is 3. The Morgan fingerprint density at radius 2 is 0.569 bits per heavy atom. The van der Waals surface area contributed by atoms with Gasteiger partial charge >= 0.3 is 17.9 Å². The molecule has 0 aliphatic rings. The molecule has 0 radical (unpaired) electrons. The minimum atomic E-state index is -0.779. The summed E-state index contributed by atoms with van der Waals surface area (Å²) in [5, 5.41) is 0. The van der Waals surface area contributed by atoms with Crippen LogP contribution in [-0.2, 0) is 28.6 Å². The van der Waals surface area contributed by atoms with Crippen LogP contribution in [0.1, 0.15) is 258 Å². The Morgan fingerprint density at radius 1 is 0.328 bits per heavy atom. The van der Waals surface area contributed by atoms with Crippen LogP contribution < -0.4 is 0 Å². The van der Waals surface area contributed by atoms with Crippen molar-refractivity contribution in [3.8, 4) is 0 Å². The molecule has 0 spiro atoms. The van der Waals surface area contributed by atoms with Crippen LogP contribution in [0.3, 0.4) is 0 Å². The second kappa shape index (κ2) is 47.3. The first-order valence-corrected chi connectivity index (χ1v) is 25.0. The van der Waals surface area contributed by atoms with Gasteiger partial charge in [-0.25, -0.2) is 0 Å². The van der Waals surface area contributed by atoms with Crippen LogP contribution >= 0.6 is 0 Å². The lowest BCUT2D eigenvalue weighted by molar-refractivity contribution is -0.167. The minimum absolute atomic E-state index is 0.0813. The quantitative estimate of drug-likeness (QED) is 0.0264. The van der Waals surface area contributed by atoms with Crippen molar-refractivity contribution in [1.29, 1.82) is 0 Å². The van der Waals surface area contributed by atoms with Crippen LogP contribution in [0.4, 0.5) is 0 Å². The second-order valence-electron chi connectivity index (χ2n) is 16.7. The van der Waals surface area contributed by atoms with E-state index >= 15 is 0 Å². The zero-order valence-corrected chi connectivity index (χ0v) is 38.6. The predicted octanol–water partition coefficient (Wildman–Crippen LogP) is 16.1. The van der Waals surface area contributed by atoms with Crippen molar-refractivity contribution in [3.63, 3.8) is 0 Å². The summed E-state index contributed by atoms with van der Waals surface area (Å²) in [7, 11) is 0. The first kappa shape index (κ1) is 55.6. The molecule has 6 heteroatoms. The highest BCUT2D eigenvalue weighted by Crippen LogP contribution is 2.14. The predicted molar refractivity (Wildman–Crippen MR) is 247 cm³/mol. The van der Waals surface area contributed by atoms with E-state index in [2.05, 4.69) is 57.2 Å². The van der Waals surface area contributed by atoms with Crippen LogP contribution in [0.15, 0.2) is 36.5 Å². The smallest absolute Gasteiger partial charge is 0.306 e. The molecular formula is C52H94O6. The van der Waals surface area contributed by atoms with Crippen LogP contribution in [0, 0.1) is 0 Å². The molecule has 0 aromatic carbocycles. The van der Waals surface area contributed by atoms with Gasteiger partial charge in [0, 0.05) is 19.3 Å². The van der Waals surface area contributed by atoms with E-state index in [0.29, 0.717) is 19.3 Å². The summed E-state index contributed by atoms with van der Waals surface area (Å²) in [6, 6.07) is 0. The molecule has 0 heterocycles. The molecule has 1 atom stereocenters. The van der Waals surface area contributed by atoms with Gasteiger partial charge < -0.3 is 14.2 Å². The van der Waals surface area contributed by atoms with E-state index in [4.69, 9.17) is 14.2 Å². The van der Waals surface area contributed by atoms with Gasteiger partial charge in [0.1, 0.15) is 13.2 Å². The molecule has 0 saturated carbocycles. The van der Waals surface area contributed by atoms with Gasteiger partial charge in [0.2, 0.25) is 0 Å². The standard InChI is InChI=1S/C52H94O6/c1-4-7-10-13-16-19-22-25-28-30-33-36-39-42-45-51(54)57-48-49(58-52(55)46-43-40-37-34-31-27-24-21-18-15-12-9-6-3)47-56-50(53)44-41-38-35-32-29-26-23-20-17-14-11-8-5-2/h20-25,49H,4-19,26-48H2,1-3H3/b23-20+,24-21+,25-22+/t49-/m1/s1. The monoisotopic (exact) mass is 815 g/mol. The molecule has 0 aromatic heterocycles. The van der Waals surface area contributed by atoms with Gasteiger partial charge in [-0.1, -0.05) is 179 Å². The molecule has 0 saturated heterocycles. The number of allylic oxidation sites excluding steroid dienone is 6. The summed E-state index contributed by atoms with van der Waals surface area (Å²) >= 11 is 0. The summed E-state index contributed by atoms with van der Waals surface area (Å²) in [4.78, 5) is 37.9. The zero-order valence-electron chi connectivity index (χ0n) is 38.6. The summed E-state index contributed by atoms with van der Waals surface area (Å²) in [5.41, 5.74) is 0. The number of unbranched alkanes of at least 4 members (excludes halogenated alkanes) is 28. The van der Waals surface area contributed by atoms with E-state index in [0.717, 1.165) is 83.5 Å². The normalized spacial score (nSPS) is 12.3. The van der Waals surface area contributed by atoms with Gasteiger partial charge in [-0.15, -0.1) is 0 Å². The maximum atomic E-state index is 12.8. The third-order valence-corrected chi connectivity index (χ3v) is 10.8. The molecule has 0 fully saturated rings. The first-order valence-electron chi connectivity index (χ1n) is 25.0. The highest BCUT2D eigenvalue weighted by molar-refractivity contribution is 5.71. The van der Waals surface area contributed by atoms with Gasteiger partial charge in [0.05, 0.1) is 0 Å². The van der Waals surface area contributed by atoms with Crippen molar-refractivity contribution in [3.05, 3.63) is 36.5 Å². The molecule has 0 rings (SSSR count). The van der Waals surface area contributed by atoms with Crippen LogP contribution in [0.2, 0.25) is 0 Å². The lowest BCUT2D eigenvalue weighted by Gasteiger charge is -2.18. The first-order chi connectivity index (χ1) is 28.5. The maximum Gasteiger partial charge on any atom is 0.306 e. The fourth-order valence-corrected chi connectivity index (χ4v) is 7.01. The maximum absolute atomic E-state index is 12.8. The number of hydrogen-bond donors (Lipinski definition) is 0. The number of hydrogen-bond acceptors (Lipinski definition) is 6. The van der Waals surface area contributed by atoms with Gasteiger partial charge in [0.25, 0.3) is 0 Å². The Balaban J connectivity index is 4.40. The minimum Gasteiger partial charge on any atom is -0.462 e. The molecule has 6 nitrogen and oxygen atoms in total. The van der Waals surface area contributed by atoms with Crippen LogP contribution in [0.5, 0.6) is 0 Å². The molecular weight excluding hydrogens is 721 g/mol. The van der Waals surface area contributed by atoms with E-state index in [1.54, 1.807) is 0 Å². The summed E-state index contributed by atoms with van der Waals surface area (Å²) in [6.07, 6.45) is 54.0. The van der Waals surface area contributed by atoms with Gasteiger partial charge in [0.15, 0.2) is 6.10 Å². The summed E-state index contributed by atoms with van der Waals surface area (Å²) < 4.78 is 16.7. The van der Waals surface area contributed by atoms with Crippen molar-refractivity contribution in [2.45, 2.75) is 264 Å². The fourth-order valence-electron chi connectivity index (χ4n) is 7.01. The Morgan fingerprint density at radius 3 is 0.879 bits per heavy atom. The Kier molecular flexibility index (Phi) is 45.4. The van der Waals surface area contributed by atoms with E-state index in [9.17, 15) is 14.4 Å². The van der Waals surface area contributed by atoms with E-state index in [-0.39, 0.29) is 31.1 Å². The van der Waals surface area contributed by atoms with E-state index in [1.807, 2.05) is 0 Å². The Labute approximate surface area is 359 Å². The van der Waals surface area contributed by atoms with E-state index < -0.39 is 6.10 Å². The average Bonchev–Trinajstić information content (AvgIpc) is 3.22. The van der Waals surface area contributed by atoms with Gasteiger partial charge in [-0.05, 0) is 96.3 Å². The zero-order chi connectivity index (χ0) is 42.3. The Bertz CT molecular complexity index is 984. The second-order valence-corrected chi connectivity index (χ2v) is 16.7. The third kappa shape index (κ3) is 44.7. The highest BCUT2D eigenvalue weighted by Gasteiger charge is 2.19. The molecule has 0 aromatic rings. The third-order valence-electron chi connectivity index (χ3n) is 10.8. The SMILES string of the molecule is CCCCCC/C=C/CCCCCCCC(=O)OC[C@H](COC(=O)CCCCCCC/C=C/CCCCCCC)OC(=O)CCCCCCC/C=C/CCCCCC. The van der Waals surface area contributed by atoms with Crippen LogP contribution in [0.25, 0.3) is 0 Å². The van der Waals surface area contributed by atoms with Crippen LogP contribution in [-0.4, -0.2) is 37.2 Å². The van der Waals surface area contributed by atoms with Crippen molar-refractivity contribution in [2.75, 3.05) is 13.2 Å². The lowest BCUT2D eigenvalue weighted by atomic mass is 10.1. The molecule has 0 aliphatic carbocycles. The lowest BCUT2D eigenvalue weighted by Crippen LogP contribution is -2.30. The highest BCUT2D eigenvalue weighted by atomic mass is 16.6. The topological polar surface area (TPSA) is 78.9 Å². The van der Waals surface area contributed by atoms with E-state index in [1.165, 1.54) is 135 Å². The van der Waals surface area contributed by atoms with Crippen molar-refractivity contribution in [2.24, 2.45) is 0 Å². The molecule has 0 N–H and O–H groups in total. The average molecular weight is 815 g/mol. The number of rotatable bonds is 45. The molecule has 58 heavy (non-hydrogen) atoms. The fraction of sp³-hybridized carbons (Fsp3) is 0.827. The molecule has 0 aliphatic heterocycles. The summed E-state index contributed by atoms with van der Waals surface area (Å²) in [5.74, 6) is -0.901. The van der Waals surface area contributed by atoms with Crippen molar-refractivity contribution < 1.29 is 28.6 Å².